The molecule has 4 heteroatoms. The molecule has 0 aliphatic heterocycles. The summed E-state index contributed by atoms with van der Waals surface area (Å²) in [6, 6.07) is 7.22. The quantitative estimate of drug-likeness (QED) is 0.827. The van der Waals surface area contributed by atoms with E-state index in [1.165, 1.54) is 0 Å². The average Bonchev–Trinajstić information content (AvgIpc) is 2.20. The fourth-order valence-corrected chi connectivity index (χ4v) is 1.73. The molecule has 88 valence electrons. The highest BCUT2D eigenvalue weighted by atomic mass is 35.5. The number of primary amides is 1. The van der Waals surface area contributed by atoms with Crippen molar-refractivity contribution < 1.29 is 4.79 Å². The predicted molar refractivity (Wildman–Crippen MR) is 66.1 cm³/mol. The molecule has 1 amide bonds. The van der Waals surface area contributed by atoms with Gasteiger partial charge in [0.15, 0.2) is 0 Å². The molecule has 1 rings (SSSR count). The summed E-state index contributed by atoms with van der Waals surface area (Å²) in [5.74, 6) is -0.165. The molecular formula is C12H17ClN2O. The monoisotopic (exact) mass is 240 g/mol. The Balaban J connectivity index is 2.63. The summed E-state index contributed by atoms with van der Waals surface area (Å²) in [4.78, 5) is 11.2. The topological polar surface area (TPSA) is 55.1 Å². The second-order valence-corrected chi connectivity index (χ2v) is 4.50. The molecule has 0 aliphatic carbocycles. The van der Waals surface area contributed by atoms with Gasteiger partial charge in [-0.15, -0.1) is 0 Å². The number of carbonyl (C=O) groups excluding carboxylic acids is 1. The number of benzene rings is 1. The van der Waals surface area contributed by atoms with Crippen LogP contribution in [0.15, 0.2) is 24.3 Å². The standard InChI is InChI=1S/C12H17ClN2O/c1-8(2)11(12(14)16)15-7-9-5-3-4-6-10(9)13/h3-6,8,11,15H,7H2,1-2H3,(H2,14,16). The van der Waals surface area contributed by atoms with E-state index in [1.54, 1.807) is 0 Å². The summed E-state index contributed by atoms with van der Waals surface area (Å²) in [5, 5.41) is 3.81. The zero-order valence-corrected chi connectivity index (χ0v) is 10.3. The molecule has 0 saturated heterocycles. The maximum absolute atomic E-state index is 11.2. The number of carbonyl (C=O) groups is 1. The van der Waals surface area contributed by atoms with E-state index < -0.39 is 0 Å². The Morgan fingerprint density at radius 3 is 2.56 bits per heavy atom. The van der Waals surface area contributed by atoms with Crippen LogP contribution in [0.4, 0.5) is 0 Å². The van der Waals surface area contributed by atoms with Crippen molar-refractivity contribution in [1.29, 1.82) is 0 Å². The largest absolute Gasteiger partial charge is 0.368 e. The van der Waals surface area contributed by atoms with Crippen molar-refractivity contribution in [3.8, 4) is 0 Å². The third kappa shape index (κ3) is 3.51. The molecule has 0 heterocycles. The van der Waals surface area contributed by atoms with E-state index in [0.717, 1.165) is 5.56 Å². The van der Waals surface area contributed by atoms with Gasteiger partial charge in [0.1, 0.15) is 0 Å². The van der Waals surface area contributed by atoms with Gasteiger partial charge in [-0.05, 0) is 17.5 Å². The van der Waals surface area contributed by atoms with Crippen LogP contribution in [-0.2, 0) is 11.3 Å². The third-order valence-electron chi connectivity index (χ3n) is 2.44. The number of halogens is 1. The molecule has 0 radical (unpaired) electrons. The maximum atomic E-state index is 11.2. The van der Waals surface area contributed by atoms with Gasteiger partial charge in [0.2, 0.25) is 5.91 Å². The Bertz CT molecular complexity index is 366. The Kier molecular flexibility index (Phi) is 4.77. The molecule has 0 spiro atoms. The van der Waals surface area contributed by atoms with Crippen LogP contribution in [0.25, 0.3) is 0 Å². The van der Waals surface area contributed by atoms with E-state index in [9.17, 15) is 4.79 Å². The third-order valence-corrected chi connectivity index (χ3v) is 2.81. The first-order valence-electron chi connectivity index (χ1n) is 5.28. The summed E-state index contributed by atoms with van der Waals surface area (Å²) in [6.07, 6.45) is 0. The van der Waals surface area contributed by atoms with Crippen LogP contribution in [0.3, 0.4) is 0 Å². The zero-order chi connectivity index (χ0) is 12.1. The van der Waals surface area contributed by atoms with Crippen LogP contribution in [0.5, 0.6) is 0 Å². The smallest absolute Gasteiger partial charge is 0.234 e. The van der Waals surface area contributed by atoms with Crippen LogP contribution >= 0.6 is 11.6 Å². The molecular weight excluding hydrogens is 224 g/mol. The van der Waals surface area contributed by atoms with Crippen molar-refractivity contribution in [2.24, 2.45) is 11.7 Å². The number of rotatable bonds is 5. The first-order valence-corrected chi connectivity index (χ1v) is 5.66. The van der Waals surface area contributed by atoms with Crippen LogP contribution < -0.4 is 11.1 Å². The van der Waals surface area contributed by atoms with Crippen LogP contribution in [0.2, 0.25) is 5.02 Å². The minimum atomic E-state index is -0.331. The fraction of sp³-hybridized carbons (Fsp3) is 0.417. The molecule has 1 aromatic rings. The van der Waals surface area contributed by atoms with Gasteiger partial charge in [0.25, 0.3) is 0 Å². The van der Waals surface area contributed by atoms with Crippen molar-refractivity contribution in [2.75, 3.05) is 0 Å². The summed E-state index contributed by atoms with van der Waals surface area (Å²) in [7, 11) is 0. The molecule has 0 aliphatic rings. The zero-order valence-electron chi connectivity index (χ0n) is 9.53. The molecule has 0 fully saturated rings. The lowest BCUT2D eigenvalue weighted by Gasteiger charge is -2.19. The van der Waals surface area contributed by atoms with Crippen molar-refractivity contribution >= 4 is 17.5 Å². The lowest BCUT2D eigenvalue weighted by atomic mass is 10.0. The van der Waals surface area contributed by atoms with E-state index in [1.807, 2.05) is 38.1 Å². The van der Waals surface area contributed by atoms with E-state index in [4.69, 9.17) is 17.3 Å². The predicted octanol–water partition coefficient (Wildman–Crippen LogP) is 1.94. The minimum Gasteiger partial charge on any atom is -0.368 e. The van der Waals surface area contributed by atoms with Gasteiger partial charge in [-0.2, -0.15) is 0 Å². The molecule has 1 atom stereocenters. The fourth-order valence-electron chi connectivity index (χ4n) is 1.53. The van der Waals surface area contributed by atoms with Gasteiger partial charge in [-0.25, -0.2) is 0 Å². The van der Waals surface area contributed by atoms with Gasteiger partial charge in [-0.3, -0.25) is 4.79 Å². The molecule has 1 aromatic carbocycles. The average molecular weight is 241 g/mol. The highest BCUT2D eigenvalue weighted by molar-refractivity contribution is 6.31. The lowest BCUT2D eigenvalue weighted by Crippen LogP contribution is -2.44. The second kappa shape index (κ2) is 5.87. The Labute approximate surface area is 101 Å². The SMILES string of the molecule is CC(C)C(NCc1ccccc1Cl)C(N)=O. The summed E-state index contributed by atoms with van der Waals surface area (Å²) < 4.78 is 0. The normalized spacial score (nSPS) is 12.8. The number of nitrogens with one attached hydrogen (secondary N) is 1. The molecule has 0 aromatic heterocycles. The first-order chi connectivity index (χ1) is 7.52. The Hall–Kier alpha value is -1.06. The van der Waals surface area contributed by atoms with Crippen molar-refractivity contribution in [2.45, 2.75) is 26.4 Å². The molecule has 1 unspecified atom stereocenters. The highest BCUT2D eigenvalue weighted by Gasteiger charge is 2.18. The molecule has 16 heavy (non-hydrogen) atoms. The van der Waals surface area contributed by atoms with Crippen LogP contribution in [0, 0.1) is 5.92 Å². The van der Waals surface area contributed by atoms with E-state index in [-0.39, 0.29) is 17.9 Å². The van der Waals surface area contributed by atoms with Crippen molar-refractivity contribution in [1.82, 2.24) is 5.32 Å². The lowest BCUT2D eigenvalue weighted by molar-refractivity contribution is -0.121. The summed E-state index contributed by atoms with van der Waals surface area (Å²) >= 11 is 6.01. The molecule has 3 nitrogen and oxygen atoms in total. The van der Waals surface area contributed by atoms with Gasteiger partial charge in [0.05, 0.1) is 6.04 Å². The first kappa shape index (κ1) is 13.0. The van der Waals surface area contributed by atoms with Crippen molar-refractivity contribution in [3.63, 3.8) is 0 Å². The minimum absolute atomic E-state index is 0.167. The molecule has 3 N–H and O–H groups in total. The van der Waals surface area contributed by atoms with E-state index in [0.29, 0.717) is 11.6 Å². The Morgan fingerprint density at radius 1 is 1.44 bits per heavy atom. The van der Waals surface area contributed by atoms with Gasteiger partial charge in [-0.1, -0.05) is 43.6 Å². The van der Waals surface area contributed by atoms with E-state index >= 15 is 0 Å². The summed E-state index contributed by atoms with van der Waals surface area (Å²) in [6.45, 7) is 4.45. The van der Waals surface area contributed by atoms with Gasteiger partial charge in [0, 0.05) is 11.6 Å². The Morgan fingerprint density at radius 2 is 2.06 bits per heavy atom. The van der Waals surface area contributed by atoms with Crippen LogP contribution in [0.1, 0.15) is 19.4 Å². The van der Waals surface area contributed by atoms with Gasteiger partial charge < -0.3 is 11.1 Å². The van der Waals surface area contributed by atoms with E-state index in [2.05, 4.69) is 5.32 Å². The number of nitrogens with two attached hydrogens (primary N) is 1. The highest BCUT2D eigenvalue weighted by Crippen LogP contribution is 2.15. The van der Waals surface area contributed by atoms with Crippen LogP contribution in [-0.4, -0.2) is 11.9 Å². The number of amides is 1. The molecule has 0 saturated carbocycles. The maximum Gasteiger partial charge on any atom is 0.234 e. The second-order valence-electron chi connectivity index (χ2n) is 4.10. The van der Waals surface area contributed by atoms with Crippen molar-refractivity contribution in [3.05, 3.63) is 34.9 Å². The number of hydrogen-bond donors (Lipinski definition) is 2. The summed E-state index contributed by atoms with van der Waals surface area (Å²) in [5.41, 5.74) is 6.27. The number of hydrogen-bond acceptors (Lipinski definition) is 2. The van der Waals surface area contributed by atoms with Gasteiger partial charge >= 0.3 is 0 Å². The molecule has 0 bridgehead atoms.